The Morgan fingerprint density at radius 2 is 2.19 bits per heavy atom. The highest BCUT2D eigenvalue weighted by Gasteiger charge is 2.32. The van der Waals surface area contributed by atoms with Gasteiger partial charge in [-0.15, -0.1) is 0 Å². The Labute approximate surface area is 125 Å². The predicted molar refractivity (Wildman–Crippen MR) is 80.9 cm³/mol. The molecule has 0 bridgehead atoms. The van der Waals surface area contributed by atoms with Crippen molar-refractivity contribution in [1.29, 1.82) is 0 Å². The maximum absolute atomic E-state index is 12.3. The van der Waals surface area contributed by atoms with Gasteiger partial charge in [0, 0.05) is 25.5 Å². The predicted octanol–water partition coefficient (Wildman–Crippen LogP) is 0.969. The third-order valence-corrected chi connectivity index (χ3v) is 3.62. The van der Waals surface area contributed by atoms with E-state index in [1.54, 1.807) is 18.5 Å². The molecule has 6 nitrogen and oxygen atoms in total. The van der Waals surface area contributed by atoms with Gasteiger partial charge >= 0.3 is 0 Å². The van der Waals surface area contributed by atoms with Crippen molar-refractivity contribution >= 4 is 11.9 Å². The Bertz CT molecular complexity index is 452. The molecule has 116 valence electrons. The number of rotatable bonds is 6. The summed E-state index contributed by atoms with van der Waals surface area (Å²) in [6.45, 7) is 5.20. The molecule has 0 aliphatic carbocycles. The number of carbonyl (C=O) groups excluding carboxylic acids is 1. The van der Waals surface area contributed by atoms with Gasteiger partial charge < -0.3 is 15.3 Å². The first-order chi connectivity index (χ1) is 10.1. The molecule has 0 spiro atoms. The number of aliphatic hydroxyl groups is 1. The molecule has 6 heteroatoms. The second-order valence-corrected chi connectivity index (χ2v) is 5.93. The van der Waals surface area contributed by atoms with Gasteiger partial charge in [0.15, 0.2) is 0 Å². The minimum Gasteiger partial charge on any atom is -0.391 e. The molecule has 1 aromatic rings. The zero-order valence-electron chi connectivity index (χ0n) is 12.7. The van der Waals surface area contributed by atoms with Crippen LogP contribution in [0.3, 0.4) is 0 Å². The number of hydrogen-bond acceptors (Lipinski definition) is 5. The van der Waals surface area contributed by atoms with Gasteiger partial charge in [0.1, 0.15) is 6.04 Å². The summed E-state index contributed by atoms with van der Waals surface area (Å²) in [7, 11) is 0. The van der Waals surface area contributed by atoms with Crippen molar-refractivity contribution in [3.8, 4) is 0 Å². The smallest absolute Gasteiger partial charge is 0.242 e. The Morgan fingerprint density at radius 1 is 1.48 bits per heavy atom. The van der Waals surface area contributed by atoms with E-state index in [0.717, 1.165) is 19.4 Å². The zero-order valence-corrected chi connectivity index (χ0v) is 12.7. The second kappa shape index (κ2) is 7.36. The average molecular weight is 292 g/mol. The topological polar surface area (TPSA) is 78.4 Å². The van der Waals surface area contributed by atoms with E-state index >= 15 is 0 Å². The standard InChI is InChI=1S/C15H24N4O2/c1-11(2)9-12(20)10-18-14(21)13-5-3-8-19(13)15-16-6-4-7-17-15/h4,6-7,11-13,20H,3,5,8-10H2,1-2H3,(H,18,21). The van der Waals surface area contributed by atoms with Crippen molar-refractivity contribution in [2.75, 3.05) is 18.0 Å². The van der Waals surface area contributed by atoms with Crippen LogP contribution < -0.4 is 10.2 Å². The van der Waals surface area contributed by atoms with Crippen LogP contribution >= 0.6 is 0 Å². The molecule has 2 unspecified atom stereocenters. The number of amides is 1. The summed E-state index contributed by atoms with van der Waals surface area (Å²) < 4.78 is 0. The molecule has 1 aliphatic heterocycles. The number of carbonyl (C=O) groups is 1. The van der Waals surface area contributed by atoms with Crippen molar-refractivity contribution in [2.45, 2.75) is 45.3 Å². The molecule has 1 amide bonds. The summed E-state index contributed by atoms with van der Waals surface area (Å²) in [6, 6.07) is 1.52. The van der Waals surface area contributed by atoms with E-state index in [0.29, 0.717) is 24.8 Å². The van der Waals surface area contributed by atoms with Gasteiger partial charge in [-0.2, -0.15) is 0 Å². The van der Waals surface area contributed by atoms with Crippen LogP contribution in [-0.4, -0.2) is 46.2 Å². The van der Waals surface area contributed by atoms with Gasteiger partial charge in [-0.25, -0.2) is 9.97 Å². The third kappa shape index (κ3) is 4.39. The van der Waals surface area contributed by atoms with Gasteiger partial charge in [0.25, 0.3) is 0 Å². The maximum atomic E-state index is 12.3. The molecule has 2 heterocycles. The molecule has 1 aromatic heterocycles. The number of nitrogens with one attached hydrogen (secondary N) is 1. The van der Waals surface area contributed by atoms with E-state index in [1.807, 2.05) is 4.90 Å². The lowest BCUT2D eigenvalue weighted by Gasteiger charge is -2.24. The van der Waals surface area contributed by atoms with Crippen molar-refractivity contribution in [3.05, 3.63) is 18.5 Å². The van der Waals surface area contributed by atoms with Gasteiger partial charge in [-0.05, 0) is 31.2 Å². The van der Waals surface area contributed by atoms with Crippen molar-refractivity contribution in [1.82, 2.24) is 15.3 Å². The molecule has 1 saturated heterocycles. The van der Waals surface area contributed by atoms with Gasteiger partial charge in [0.2, 0.25) is 11.9 Å². The summed E-state index contributed by atoms with van der Waals surface area (Å²) >= 11 is 0. The molecule has 2 atom stereocenters. The lowest BCUT2D eigenvalue weighted by molar-refractivity contribution is -0.122. The molecule has 2 rings (SSSR count). The molecule has 2 N–H and O–H groups in total. The number of aliphatic hydroxyl groups excluding tert-OH is 1. The molecule has 1 aliphatic rings. The second-order valence-electron chi connectivity index (χ2n) is 5.93. The highest BCUT2D eigenvalue weighted by atomic mass is 16.3. The van der Waals surface area contributed by atoms with Crippen LogP contribution in [0.2, 0.25) is 0 Å². The van der Waals surface area contributed by atoms with Gasteiger partial charge in [-0.1, -0.05) is 13.8 Å². The average Bonchev–Trinajstić information content (AvgIpc) is 2.94. The molecule has 0 radical (unpaired) electrons. The largest absolute Gasteiger partial charge is 0.391 e. The first-order valence-corrected chi connectivity index (χ1v) is 7.57. The SMILES string of the molecule is CC(C)CC(O)CNC(=O)C1CCCN1c1ncccn1. The number of hydrogen-bond donors (Lipinski definition) is 2. The van der Waals surface area contributed by atoms with Gasteiger partial charge in [0.05, 0.1) is 6.10 Å². The lowest BCUT2D eigenvalue weighted by Crippen LogP contribution is -2.46. The van der Waals surface area contributed by atoms with E-state index in [2.05, 4.69) is 29.1 Å². The van der Waals surface area contributed by atoms with E-state index in [-0.39, 0.29) is 11.9 Å². The van der Waals surface area contributed by atoms with Crippen LogP contribution in [0, 0.1) is 5.92 Å². The monoisotopic (exact) mass is 292 g/mol. The van der Waals surface area contributed by atoms with E-state index in [4.69, 9.17) is 0 Å². The highest BCUT2D eigenvalue weighted by molar-refractivity contribution is 5.85. The van der Waals surface area contributed by atoms with Crippen molar-refractivity contribution in [2.24, 2.45) is 5.92 Å². The van der Waals surface area contributed by atoms with Gasteiger partial charge in [-0.3, -0.25) is 4.79 Å². The van der Waals surface area contributed by atoms with Crippen molar-refractivity contribution < 1.29 is 9.90 Å². The molecular formula is C15H24N4O2. The Balaban J connectivity index is 1.89. The van der Waals surface area contributed by atoms with Crippen LogP contribution in [0.25, 0.3) is 0 Å². The quantitative estimate of drug-likeness (QED) is 0.817. The minimum absolute atomic E-state index is 0.0530. The fraction of sp³-hybridized carbons (Fsp3) is 0.667. The Kier molecular flexibility index (Phi) is 5.50. The maximum Gasteiger partial charge on any atom is 0.242 e. The molecule has 0 saturated carbocycles. The normalized spacial score (nSPS) is 19.8. The van der Waals surface area contributed by atoms with Crippen LogP contribution in [-0.2, 0) is 4.79 Å². The number of nitrogens with zero attached hydrogens (tertiary/aromatic N) is 3. The molecule has 21 heavy (non-hydrogen) atoms. The number of aromatic nitrogens is 2. The van der Waals surface area contributed by atoms with Crippen molar-refractivity contribution in [3.63, 3.8) is 0 Å². The summed E-state index contributed by atoms with van der Waals surface area (Å²) in [5, 5.41) is 12.7. The van der Waals surface area contributed by atoms with E-state index in [1.165, 1.54) is 0 Å². The summed E-state index contributed by atoms with van der Waals surface area (Å²) in [5.41, 5.74) is 0. The fourth-order valence-electron chi connectivity index (χ4n) is 2.68. The van der Waals surface area contributed by atoms with Crippen LogP contribution in [0.15, 0.2) is 18.5 Å². The third-order valence-electron chi connectivity index (χ3n) is 3.62. The number of anilines is 1. The highest BCUT2D eigenvalue weighted by Crippen LogP contribution is 2.21. The summed E-state index contributed by atoms with van der Waals surface area (Å²) in [5.74, 6) is 0.957. The molecule has 0 aromatic carbocycles. The Hall–Kier alpha value is -1.69. The first kappa shape index (κ1) is 15.7. The Morgan fingerprint density at radius 3 is 2.86 bits per heavy atom. The first-order valence-electron chi connectivity index (χ1n) is 7.57. The van der Waals surface area contributed by atoms with Crippen LogP contribution in [0.4, 0.5) is 5.95 Å². The summed E-state index contributed by atoms with van der Waals surface area (Å²) in [4.78, 5) is 22.7. The minimum atomic E-state index is -0.489. The molecular weight excluding hydrogens is 268 g/mol. The van der Waals surface area contributed by atoms with Crippen LogP contribution in [0.5, 0.6) is 0 Å². The van der Waals surface area contributed by atoms with Crippen LogP contribution in [0.1, 0.15) is 33.1 Å². The zero-order chi connectivity index (χ0) is 15.2. The fourth-order valence-corrected chi connectivity index (χ4v) is 2.68. The van der Waals surface area contributed by atoms with E-state index in [9.17, 15) is 9.90 Å². The van der Waals surface area contributed by atoms with E-state index < -0.39 is 6.10 Å². The lowest BCUT2D eigenvalue weighted by atomic mass is 10.1. The summed E-state index contributed by atoms with van der Waals surface area (Å²) in [6.07, 6.45) is 5.31. The molecule has 1 fully saturated rings.